The van der Waals surface area contributed by atoms with Gasteiger partial charge in [-0.2, -0.15) is 0 Å². The molecule has 3 heteroatoms. The molecule has 104 valence electrons. The van der Waals surface area contributed by atoms with E-state index in [-0.39, 0.29) is 0 Å². The van der Waals surface area contributed by atoms with Gasteiger partial charge in [0.15, 0.2) is 0 Å². The molecule has 0 fully saturated rings. The maximum absolute atomic E-state index is 6.50. The molecule has 1 nitrogen and oxygen atoms in total. The lowest BCUT2D eigenvalue weighted by atomic mass is 10.1. The zero-order valence-electron chi connectivity index (χ0n) is 11.3. The molecule has 0 bridgehead atoms. The van der Waals surface area contributed by atoms with Gasteiger partial charge >= 0.3 is 0 Å². The average Bonchev–Trinajstić information content (AvgIpc) is 2.69. The molecule has 20 heavy (non-hydrogen) atoms. The van der Waals surface area contributed by atoms with Crippen LogP contribution in [0.4, 0.5) is 11.4 Å². The van der Waals surface area contributed by atoms with E-state index in [1.165, 1.54) is 29.7 Å². The Hall–Kier alpha value is -0.990. The fourth-order valence-corrected chi connectivity index (χ4v) is 3.64. The molecule has 1 aliphatic heterocycles. The number of benzene rings is 2. The number of para-hydroxylation sites is 2. The highest BCUT2D eigenvalue weighted by Gasteiger charge is 2.20. The van der Waals surface area contributed by atoms with Crippen LogP contribution in [0.25, 0.3) is 0 Å². The second-order valence-electron chi connectivity index (χ2n) is 5.12. The highest BCUT2D eigenvalue weighted by molar-refractivity contribution is 9.08. The van der Waals surface area contributed by atoms with E-state index in [4.69, 9.17) is 11.6 Å². The van der Waals surface area contributed by atoms with Gasteiger partial charge in [0.25, 0.3) is 0 Å². The standard InChI is InChI=1S/C17H17BrClN/c18-12-14-8-5-9-15(19)17(14)20-11-4-3-7-13-6-1-2-10-16(13)20/h1-2,5-6,8-10H,3-4,7,11-12H2. The van der Waals surface area contributed by atoms with Crippen molar-refractivity contribution in [2.24, 2.45) is 0 Å². The summed E-state index contributed by atoms with van der Waals surface area (Å²) in [5, 5.41) is 1.65. The molecule has 0 amide bonds. The normalized spacial score (nSPS) is 14.8. The molecule has 2 aromatic carbocycles. The third kappa shape index (κ3) is 2.59. The van der Waals surface area contributed by atoms with Gasteiger partial charge in [0.1, 0.15) is 0 Å². The molecule has 1 aliphatic rings. The van der Waals surface area contributed by atoms with Crippen molar-refractivity contribution < 1.29 is 0 Å². The molecule has 0 aromatic heterocycles. The van der Waals surface area contributed by atoms with Crippen LogP contribution in [0.2, 0.25) is 5.02 Å². The summed E-state index contributed by atoms with van der Waals surface area (Å²) >= 11 is 10.1. The number of halogens is 2. The molecule has 0 N–H and O–H groups in total. The van der Waals surface area contributed by atoms with E-state index < -0.39 is 0 Å². The van der Waals surface area contributed by atoms with Crippen molar-refractivity contribution in [2.45, 2.75) is 24.6 Å². The molecule has 0 aliphatic carbocycles. The van der Waals surface area contributed by atoms with E-state index >= 15 is 0 Å². The van der Waals surface area contributed by atoms with Gasteiger partial charge in [-0.3, -0.25) is 0 Å². The van der Waals surface area contributed by atoms with Gasteiger partial charge in [0.2, 0.25) is 0 Å². The number of hydrogen-bond acceptors (Lipinski definition) is 1. The third-order valence-electron chi connectivity index (χ3n) is 3.84. The Morgan fingerprint density at radius 1 is 1.05 bits per heavy atom. The Morgan fingerprint density at radius 3 is 2.75 bits per heavy atom. The molecule has 1 heterocycles. The number of nitrogens with zero attached hydrogens (tertiary/aromatic N) is 1. The Morgan fingerprint density at radius 2 is 1.90 bits per heavy atom. The monoisotopic (exact) mass is 349 g/mol. The fourth-order valence-electron chi connectivity index (χ4n) is 2.89. The molecule has 0 radical (unpaired) electrons. The van der Waals surface area contributed by atoms with Crippen LogP contribution in [0.1, 0.15) is 24.0 Å². The van der Waals surface area contributed by atoms with Gasteiger partial charge in [0.05, 0.1) is 10.7 Å². The number of hydrogen-bond donors (Lipinski definition) is 0. The summed E-state index contributed by atoms with van der Waals surface area (Å²) in [6.07, 6.45) is 3.59. The van der Waals surface area contributed by atoms with Gasteiger partial charge in [-0.25, -0.2) is 0 Å². The first-order valence-corrected chi connectivity index (χ1v) is 8.50. The van der Waals surface area contributed by atoms with E-state index in [1.807, 2.05) is 12.1 Å². The topological polar surface area (TPSA) is 3.24 Å². The Bertz CT molecular complexity index is 612. The van der Waals surface area contributed by atoms with Crippen molar-refractivity contribution in [1.82, 2.24) is 0 Å². The minimum Gasteiger partial charge on any atom is -0.340 e. The predicted octanol–water partition coefficient (Wildman–Crippen LogP) is 5.71. The largest absolute Gasteiger partial charge is 0.340 e. The van der Waals surface area contributed by atoms with Gasteiger partial charge in [-0.05, 0) is 42.5 Å². The maximum Gasteiger partial charge on any atom is 0.0646 e. The molecule has 0 atom stereocenters. The number of fused-ring (bicyclic) bond motifs is 1. The molecular weight excluding hydrogens is 334 g/mol. The van der Waals surface area contributed by atoms with E-state index in [0.717, 1.165) is 29.0 Å². The first kappa shape index (κ1) is 14.0. The molecule has 3 rings (SSSR count). The Kier molecular flexibility index (Phi) is 4.32. The number of alkyl halides is 1. The summed E-state index contributed by atoms with van der Waals surface area (Å²) in [6.45, 7) is 1.03. The highest BCUT2D eigenvalue weighted by atomic mass is 79.9. The molecule has 2 aromatic rings. The zero-order valence-corrected chi connectivity index (χ0v) is 13.6. The maximum atomic E-state index is 6.50. The van der Waals surface area contributed by atoms with Gasteiger partial charge in [0, 0.05) is 17.6 Å². The summed E-state index contributed by atoms with van der Waals surface area (Å²) in [4.78, 5) is 2.39. The van der Waals surface area contributed by atoms with Crippen molar-refractivity contribution >= 4 is 38.9 Å². The molecular formula is C17H17BrClN. The SMILES string of the molecule is Clc1cccc(CBr)c1N1CCCCc2ccccc21. The summed E-state index contributed by atoms with van der Waals surface area (Å²) in [6, 6.07) is 14.8. The lowest BCUT2D eigenvalue weighted by molar-refractivity contribution is 0.760. The van der Waals surface area contributed by atoms with Crippen molar-refractivity contribution in [3.05, 3.63) is 58.6 Å². The van der Waals surface area contributed by atoms with Crippen LogP contribution in [-0.2, 0) is 11.8 Å². The van der Waals surface area contributed by atoms with Crippen LogP contribution >= 0.6 is 27.5 Å². The van der Waals surface area contributed by atoms with Crippen LogP contribution in [0.5, 0.6) is 0 Å². The Balaban J connectivity index is 2.15. The van der Waals surface area contributed by atoms with Crippen molar-refractivity contribution in [2.75, 3.05) is 11.4 Å². The number of anilines is 2. The van der Waals surface area contributed by atoms with Crippen LogP contribution < -0.4 is 4.90 Å². The van der Waals surface area contributed by atoms with Crippen LogP contribution in [-0.4, -0.2) is 6.54 Å². The first-order chi connectivity index (χ1) is 9.81. The van der Waals surface area contributed by atoms with Gasteiger partial charge in [-0.15, -0.1) is 0 Å². The second kappa shape index (κ2) is 6.19. The highest BCUT2D eigenvalue weighted by Crippen LogP contribution is 2.39. The zero-order chi connectivity index (χ0) is 13.9. The van der Waals surface area contributed by atoms with E-state index in [2.05, 4.69) is 51.2 Å². The molecule has 0 saturated carbocycles. The smallest absolute Gasteiger partial charge is 0.0646 e. The molecule has 0 spiro atoms. The van der Waals surface area contributed by atoms with Crippen LogP contribution in [0.15, 0.2) is 42.5 Å². The van der Waals surface area contributed by atoms with E-state index in [1.54, 1.807) is 0 Å². The van der Waals surface area contributed by atoms with Crippen molar-refractivity contribution in [1.29, 1.82) is 0 Å². The van der Waals surface area contributed by atoms with Crippen LogP contribution in [0.3, 0.4) is 0 Å². The summed E-state index contributed by atoms with van der Waals surface area (Å²) in [5.41, 5.74) is 5.13. The third-order valence-corrected chi connectivity index (χ3v) is 4.75. The van der Waals surface area contributed by atoms with Crippen molar-refractivity contribution in [3.63, 3.8) is 0 Å². The van der Waals surface area contributed by atoms with E-state index in [0.29, 0.717) is 0 Å². The number of aryl methyl sites for hydroxylation is 1. The minimum absolute atomic E-state index is 0.821. The van der Waals surface area contributed by atoms with E-state index in [9.17, 15) is 0 Å². The Labute approximate surface area is 133 Å². The van der Waals surface area contributed by atoms with Crippen LogP contribution in [0, 0.1) is 0 Å². The minimum atomic E-state index is 0.821. The van der Waals surface area contributed by atoms with Gasteiger partial charge in [-0.1, -0.05) is 57.9 Å². The fraction of sp³-hybridized carbons (Fsp3) is 0.294. The predicted molar refractivity (Wildman–Crippen MR) is 90.5 cm³/mol. The molecule has 0 unspecified atom stereocenters. The van der Waals surface area contributed by atoms with Crippen molar-refractivity contribution in [3.8, 4) is 0 Å². The summed E-state index contributed by atoms with van der Waals surface area (Å²) < 4.78 is 0. The first-order valence-electron chi connectivity index (χ1n) is 7.00. The average molecular weight is 351 g/mol. The summed E-state index contributed by atoms with van der Waals surface area (Å²) in [5.74, 6) is 0. The number of rotatable bonds is 2. The molecule has 0 saturated heterocycles. The quantitative estimate of drug-likeness (QED) is 0.627. The second-order valence-corrected chi connectivity index (χ2v) is 6.09. The summed E-state index contributed by atoms with van der Waals surface area (Å²) in [7, 11) is 0. The lowest BCUT2D eigenvalue weighted by Crippen LogP contribution is -2.19. The van der Waals surface area contributed by atoms with Gasteiger partial charge < -0.3 is 4.90 Å². The lowest BCUT2D eigenvalue weighted by Gasteiger charge is -2.28.